The fourth-order valence-corrected chi connectivity index (χ4v) is 8.47. The van der Waals surface area contributed by atoms with Gasteiger partial charge in [-0.25, -0.2) is 0 Å². The number of rotatable bonds is 8. The summed E-state index contributed by atoms with van der Waals surface area (Å²) in [6, 6.07) is 74.7. The van der Waals surface area contributed by atoms with E-state index in [0.29, 0.717) is 0 Å². The molecule has 0 fully saturated rings. The lowest BCUT2D eigenvalue weighted by Crippen LogP contribution is -2.11. The zero-order valence-electron chi connectivity index (χ0n) is 31.1. The summed E-state index contributed by atoms with van der Waals surface area (Å²) in [6.45, 7) is 0. The van der Waals surface area contributed by atoms with Crippen LogP contribution in [0.25, 0.3) is 67.2 Å². The van der Waals surface area contributed by atoms with Gasteiger partial charge in [0.1, 0.15) is 0 Å². The van der Waals surface area contributed by atoms with E-state index in [-0.39, 0.29) is 0 Å². The molecule has 0 atom stereocenters. The number of fused-ring (bicyclic) bond motifs is 3. The second-order valence-electron chi connectivity index (χ2n) is 14.4. The van der Waals surface area contributed by atoms with E-state index in [4.69, 9.17) is 0 Å². The molecule has 1 heterocycles. The molecule has 0 saturated carbocycles. The molecule has 8 aromatic carbocycles. The van der Waals surface area contributed by atoms with E-state index in [1.54, 1.807) is 0 Å². The summed E-state index contributed by atoms with van der Waals surface area (Å²) in [7, 11) is 0. The second kappa shape index (κ2) is 14.6. The van der Waals surface area contributed by atoms with Gasteiger partial charge >= 0.3 is 0 Å². The van der Waals surface area contributed by atoms with Gasteiger partial charge in [0.2, 0.25) is 0 Å². The molecule has 0 N–H and O–H groups in total. The van der Waals surface area contributed by atoms with Crippen LogP contribution < -0.4 is 4.90 Å². The first-order chi connectivity index (χ1) is 27.8. The van der Waals surface area contributed by atoms with Crippen LogP contribution >= 0.6 is 0 Å². The van der Waals surface area contributed by atoms with Crippen LogP contribution in [0.3, 0.4) is 0 Å². The zero-order chi connectivity index (χ0) is 37.3. The van der Waals surface area contributed by atoms with Gasteiger partial charge < -0.3 is 9.47 Å². The van der Waals surface area contributed by atoms with Gasteiger partial charge in [0.05, 0.1) is 11.2 Å². The van der Waals surface area contributed by atoms with Crippen molar-refractivity contribution in [3.05, 3.63) is 224 Å². The smallest absolute Gasteiger partial charge is 0.0540 e. The van der Waals surface area contributed by atoms with Crippen LogP contribution in [-0.2, 0) is 6.42 Å². The van der Waals surface area contributed by atoms with Crippen LogP contribution in [-0.4, -0.2) is 4.57 Å². The molecule has 2 nitrogen and oxygen atoms in total. The molecule has 0 radical (unpaired) electrons. The van der Waals surface area contributed by atoms with Crippen LogP contribution in [0.4, 0.5) is 17.1 Å². The standard InChI is InChI=1S/C54H40N2/c1-3-17-39(18-4-1)47-25-7-8-26-48(47)41-33-35-44(36-34-41)55(52-30-12-9-27-49(52)40-19-5-2-6-20-40)45-23-15-21-42(37-45)43-22-16-24-46(38-43)56-53-31-13-10-28-50(53)51-29-11-14-32-54(51)56/h1-13,15-31,33-38H,14,32H2. The first kappa shape index (κ1) is 33.4. The van der Waals surface area contributed by atoms with Crippen molar-refractivity contribution in [1.29, 1.82) is 0 Å². The molecule has 0 amide bonds. The first-order valence-corrected chi connectivity index (χ1v) is 19.5. The molecule has 0 saturated heterocycles. The predicted molar refractivity (Wildman–Crippen MR) is 237 cm³/mol. The Hall–Kier alpha value is -7.16. The summed E-state index contributed by atoms with van der Waals surface area (Å²) in [5.41, 5.74) is 18.1. The maximum atomic E-state index is 2.47. The number of para-hydroxylation sites is 2. The van der Waals surface area contributed by atoms with Crippen LogP contribution in [0.15, 0.2) is 212 Å². The molecule has 266 valence electrons. The lowest BCUT2D eigenvalue weighted by molar-refractivity contribution is 0.889. The third-order valence-electron chi connectivity index (χ3n) is 11.1. The largest absolute Gasteiger partial charge is 0.313 e. The van der Waals surface area contributed by atoms with E-state index in [1.165, 1.54) is 72.4 Å². The van der Waals surface area contributed by atoms with Crippen molar-refractivity contribution in [2.24, 2.45) is 0 Å². The van der Waals surface area contributed by atoms with Gasteiger partial charge in [-0.2, -0.15) is 0 Å². The van der Waals surface area contributed by atoms with Gasteiger partial charge in [0.25, 0.3) is 0 Å². The van der Waals surface area contributed by atoms with Crippen molar-refractivity contribution in [3.63, 3.8) is 0 Å². The van der Waals surface area contributed by atoms with E-state index in [9.17, 15) is 0 Å². The molecule has 1 aliphatic carbocycles. The van der Waals surface area contributed by atoms with E-state index in [2.05, 4.69) is 228 Å². The highest BCUT2D eigenvalue weighted by Crippen LogP contribution is 2.43. The van der Waals surface area contributed by atoms with Crippen molar-refractivity contribution < 1.29 is 0 Å². The molecule has 9 aromatic rings. The lowest BCUT2D eigenvalue weighted by Gasteiger charge is -2.28. The summed E-state index contributed by atoms with van der Waals surface area (Å²) in [5.74, 6) is 0. The Kier molecular flexibility index (Phi) is 8.70. The predicted octanol–water partition coefficient (Wildman–Crippen LogP) is 14.7. The lowest BCUT2D eigenvalue weighted by atomic mass is 9.94. The normalized spacial score (nSPS) is 12.1. The molecular weight excluding hydrogens is 677 g/mol. The second-order valence-corrected chi connectivity index (χ2v) is 14.4. The molecule has 2 heteroatoms. The molecule has 1 aliphatic rings. The number of allylic oxidation sites excluding steroid dienone is 1. The topological polar surface area (TPSA) is 8.17 Å². The molecular formula is C54H40N2. The summed E-state index contributed by atoms with van der Waals surface area (Å²) in [5, 5.41) is 1.31. The molecule has 0 unspecified atom stereocenters. The molecule has 10 rings (SSSR count). The van der Waals surface area contributed by atoms with Crippen LogP contribution in [0.5, 0.6) is 0 Å². The van der Waals surface area contributed by atoms with Crippen LogP contribution in [0.2, 0.25) is 0 Å². The number of hydrogen-bond acceptors (Lipinski definition) is 1. The molecule has 1 aromatic heterocycles. The molecule has 56 heavy (non-hydrogen) atoms. The maximum absolute atomic E-state index is 2.47. The van der Waals surface area contributed by atoms with Gasteiger partial charge in [-0.05, 0) is 100 Å². The number of benzene rings is 8. The van der Waals surface area contributed by atoms with E-state index < -0.39 is 0 Å². The van der Waals surface area contributed by atoms with Crippen LogP contribution in [0, 0.1) is 0 Å². The average Bonchev–Trinajstić information content (AvgIpc) is 3.62. The summed E-state index contributed by atoms with van der Waals surface area (Å²) >= 11 is 0. The molecule has 0 spiro atoms. The zero-order valence-corrected chi connectivity index (χ0v) is 31.1. The van der Waals surface area contributed by atoms with Gasteiger partial charge in [-0.1, -0.05) is 170 Å². The SMILES string of the molecule is C1=Cc2c(n(-c3cccc(-c4cccc(N(c5ccc(-c6ccccc6-c6ccccc6)cc5)c5ccccc5-c5ccccc5)c4)c3)c3ccccc23)CC1. The van der Waals surface area contributed by atoms with Gasteiger partial charge in [0.15, 0.2) is 0 Å². The van der Waals surface area contributed by atoms with Gasteiger partial charge in [-0.15, -0.1) is 0 Å². The Morgan fingerprint density at radius 3 is 1.73 bits per heavy atom. The molecule has 0 bridgehead atoms. The van der Waals surface area contributed by atoms with Crippen molar-refractivity contribution in [2.45, 2.75) is 12.8 Å². The third-order valence-corrected chi connectivity index (χ3v) is 11.1. The highest BCUT2D eigenvalue weighted by Gasteiger charge is 2.20. The Balaban J connectivity index is 1.09. The monoisotopic (exact) mass is 716 g/mol. The first-order valence-electron chi connectivity index (χ1n) is 19.5. The fraction of sp³-hybridized carbons (Fsp3) is 0.0370. The highest BCUT2D eigenvalue weighted by atomic mass is 15.1. The fourth-order valence-electron chi connectivity index (χ4n) is 8.47. The van der Waals surface area contributed by atoms with Crippen LogP contribution in [0.1, 0.15) is 17.7 Å². The minimum absolute atomic E-state index is 1.03. The number of nitrogens with zero attached hydrogens (tertiary/aromatic N) is 2. The van der Waals surface area contributed by atoms with Crippen molar-refractivity contribution >= 4 is 34.0 Å². The Bertz CT molecular complexity index is 2840. The minimum Gasteiger partial charge on any atom is -0.313 e. The Morgan fingerprint density at radius 2 is 0.982 bits per heavy atom. The number of anilines is 3. The van der Waals surface area contributed by atoms with E-state index >= 15 is 0 Å². The summed E-state index contributed by atoms with van der Waals surface area (Å²) in [4.78, 5) is 2.41. The van der Waals surface area contributed by atoms with Gasteiger partial charge in [-0.3, -0.25) is 0 Å². The van der Waals surface area contributed by atoms with E-state index in [0.717, 1.165) is 29.9 Å². The maximum Gasteiger partial charge on any atom is 0.0540 e. The Morgan fingerprint density at radius 1 is 0.411 bits per heavy atom. The van der Waals surface area contributed by atoms with Crippen molar-refractivity contribution in [1.82, 2.24) is 4.57 Å². The summed E-state index contributed by atoms with van der Waals surface area (Å²) in [6.07, 6.45) is 6.71. The third kappa shape index (κ3) is 6.12. The van der Waals surface area contributed by atoms with Crippen molar-refractivity contribution in [3.8, 4) is 50.2 Å². The Labute approximate surface area is 328 Å². The molecule has 0 aliphatic heterocycles. The summed E-state index contributed by atoms with van der Waals surface area (Å²) < 4.78 is 2.47. The number of hydrogen-bond donors (Lipinski definition) is 0. The minimum atomic E-state index is 1.03. The quantitative estimate of drug-likeness (QED) is 0.152. The van der Waals surface area contributed by atoms with Gasteiger partial charge in [0, 0.05) is 39.3 Å². The highest BCUT2D eigenvalue weighted by molar-refractivity contribution is 5.94. The van der Waals surface area contributed by atoms with E-state index in [1.807, 2.05) is 0 Å². The van der Waals surface area contributed by atoms with Crippen molar-refractivity contribution in [2.75, 3.05) is 4.90 Å². The number of aromatic nitrogens is 1. The average molecular weight is 717 g/mol.